The largest absolute Gasteiger partial charge is 0.454 e. The highest BCUT2D eigenvalue weighted by Crippen LogP contribution is 2.44. The second-order valence-electron chi connectivity index (χ2n) is 16.1. The molecule has 3 aromatic heterocycles. The lowest BCUT2D eigenvalue weighted by Crippen LogP contribution is -2.10. The molecule has 13 aromatic rings. The molecule has 0 aliphatic carbocycles. The van der Waals surface area contributed by atoms with Crippen molar-refractivity contribution in [2.45, 2.75) is 0 Å². The first-order chi connectivity index (χ1) is 30.7. The maximum absolute atomic E-state index is 6.66. The van der Waals surface area contributed by atoms with Gasteiger partial charge in [0.2, 0.25) is 0 Å². The number of hydrogen-bond donors (Lipinski definition) is 0. The number of para-hydroxylation sites is 3. The minimum atomic E-state index is 0.865. The van der Waals surface area contributed by atoms with E-state index in [9.17, 15) is 0 Å². The van der Waals surface area contributed by atoms with Crippen molar-refractivity contribution < 1.29 is 4.42 Å². The Morgan fingerprint density at radius 1 is 0.387 bits per heavy atom. The highest BCUT2D eigenvalue weighted by Gasteiger charge is 2.21. The van der Waals surface area contributed by atoms with Crippen molar-refractivity contribution in [3.63, 3.8) is 0 Å². The molecule has 0 aliphatic heterocycles. The molecule has 0 radical (unpaired) electrons. The van der Waals surface area contributed by atoms with Crippen LogP contribution in [-0.4, -0.2) is 4.57 Å². The van der Waals surface area contributed by atoms with Crippen molar-refractivity contribution in [2.75, 3.05) is 4.90 Å². The summed E-state index contributed by atoms with van der Waals surface area (Å²) >= 11 is 1.86. The summed E-state index contributed by atoms with van der Waals surface area (Å²) in [7, 11) is 0. The molecule has 13 rings (SSSR count). The van der Waals surface area contributed by atoms with Gasteiger partial charge in [-0.3, -0.25) is 0 Å². The van der Waals surface area contributed by atoms with Crippen molar-refractivity contribution in [3.8, 4) is 27.9 Å². The molecule has 0 saturated heterocycles. The summed E-state index contributed by atoms with van der Waals surface area (Å²) in [6.07, 6.45) is 0. The average Bonchev–Trinajstić information content (AvgIpc) is 4.02. The first-order valence-corrected chi connectivity index (χ1v) is 21.9. The summed E-state index contributed by atoms with van der Waals surface area (Å²) in [4.78, 5) is 2.33. The lowest BCUT2D eigenvalue weighted by atomic mass is 10.0. The summed E-state index contributed by atoms with van der Waals surface area (Å²) in [5.74, 6) is 0. The van der Waals surface area contributed by atoms with Crippen molar-refractivity contribution in [2.24, 2.45) is 0 Å². The predicted molar refractivity (Wildman–Crippen MR) is 264 cm³/mol. The van der Waals surface area contributed by atoms with Crippen LogP contribution in [0.25, 0.3) is 103 Å². The summed E-state index contributed by atoms with van der Waals surface area (Å²) in [6, 6.07) is 79.1. The number of aromatic nitrogens is 1. The second-order valence-corrected chi connectivity index (χ2v) is 17.2. The van der Waals surface area contributed by atoms with Gasteiger partial charge in [-0.15, -0.1) is 11.3 Å². The van der Waals surface area contributed by atoms with Crippen LogP contribution in [0.5, 0.6) is 0 Å². The van der Waals surface area contributed by atoms with Gasteiger partial charge in [-0.2, -0.15) is 0 Å². The highest BCUT2D eigenvalue weighted by atomic mass is 32.1. The average molecular weight is 809 g/mol. The van der Waals surface area contributed by atoms with Crippen LogP contribution in [0.15, 0.2) is 223 Å². The number of fused-ring (bicyclic) bond motifs is 11. The van der Waals surface area contributed by atoms with Gasteiger partial charge in [0.05, 0.1) is 16.7 Å². The van der Waals surface area contributed by atoms with Gasteiger partial charge in [-0.05, 0) is 94.4 Å². The first-order valence-electron chi connectivity index (χ1n) is 21.1. The number of anilines is 3. The van der Waals surface area contributed by atoms with Crippen LogP contribution >= 0.6 is 11.3 Å². The van der Waals surface area contributed by atoms with Crippen LogP contribution in [-0.2, 0) is 0 Å². The van der Waals surface area contributed by atoms with Gasteiger partial charge in [0, 0.05) is 64.2 Å². The molecule has 3 heterocycles. The molecule has 0 atom stereocenters. The third-order valence-corrected chi connectivity index (χ3v) is 13.7. The molecule has 0 saturated carbocycles. The molecule has 3 nitrogen and oxygen atoms in total. The molecule has 4 heteroatoms. The molecular weight excluding hydrogens is 773 g/mol. The maximum Gasteiger partial charge on any atom is 0.159 e. The quantitative estimate of drug-likeness (QED) is 0.167. The number of furan rings is 1. The lowest BCUT2D eigenvalue weighted by Gasteiger charge is -2.26. The Bertz CT molecular complexity index is 3860. The van der Waals surface area contributed by atoms with Gasteiger partial charge in [-0.25, -0.2) is 0 Å². The van der Waals surface area contributed by atoms with Gasteiger partial charge in [0.25, 0.3) is 0 Å². The third kappa shape index (κ3) is 5.44. The van der Waals surface area contributed by atoms with E-state index >= 15 is 0 Å². The lowest BCUT2D eigenvalue weighted by molar-refractivity contribution is 0.669. The van der Waals surface area contributed by atoms with E-state index in [1.807, 2.05) is 17.4 Å². The van der Waals surface area contributed by atoms with E-state index < -0.39 is 0 Å². The molecule has 0 aliphatic rings. The fourth-order valence-electron chi connectivity index (χ4n) is 9.65. The zero-order valence-corrected chi connectivity index (χ0v) is 34.3. The SMILES string of the molecule is c1ccc(-n2c3cc(-c4ccc(N(c5ccc(-c6ccc7c(c6)sc6ccccc67)cc5)c5cccc6c5oc5ccccc56)cc4)ccc3c3ccc4ccccc4c32)cc1. The fourth-order valence-corrected chi connectivity index (χ4v) is 10.8. The van der Waals surface area contributed by atoms with E-state index in [-0.39, 0.29) is 0 Å². The minimum absolute atomic E-state index is 0.865. The standard InChI is InChI=1S/C58H36N2OS/c1-2-12-42(13-3-1)60-53-35-40(26-32-46(53)50-34-25-39-11-4-5-14-45(39)57(50)60)37-21-28-43(29-22-37)59(52-18-10-17-51-47-15-6-8-19-54(47)61-58(51)52)44-30-23-38(24-31-44)41-27-33-49-48-16-7-9-20-55(48)62-56(49)36-41/h1-36H. The molecule has 0 amide bonds. The van der Waals surface area contributed by atoms with Crippen LogP contribution in [0.4, 0.5) is 17.1 Å². The van der Waals surface area contributed by atoms with E-state index in [0.29, 0.717) is 0 Å². The monoisotopic (exact) mass is 808 g/mol. The molecule has 10 aromatic carbocycles. The number of benzene rings is 10. The maximum atomic E-state index is 6.66. The van der Waals surface area contributed by atoms with E-state index in [0.717, 1.165) is 50.3 Å². The van der Waals surface area contributed by atoms with Crippen LogP contribution in [0.1, 0.15) is 0 Å². The van der Waals surface area contributed by atoms with Crippen LogP contribution in [0.2, 0.25) is 0 Å². The molecule has 0 fully saturated rings. The molecular formula is C58H36N2OS. The Morgan fingerprint density at radius 3 is 1.77 bits per heavy atom. The van der Waals surface area contributed by atoms with E-state index in [2.05, 4.69) is 222 Å². The molecule has 290 valence electrons. The van der Waals surface area contributed by atoms with Gasteiger partial charge >= 0.3 is 0 Å². The third-order valence-electron chi connectivity index (χ3n) is 12.6. The fraction of sp³-hybridized carbons (Fsp3) is 0. The molecule has 0 bridgehead atoms. The molecule has 0 spiro atoms. The molecule has 62 heavy (non-hydrogen) atoms. The Labute approximate surface area is 361 Å². The van der Waals surface area contributed by atoms with E-state index in [1.165, 1.54) is 69.4 Å². The van der Waals surface area contributed by atoms with Crippen molar-refractivity contribution in [1.82, 2.24) is 4.57 Å². The molecule has 0 N–H and O–H groups in total. The topological polar surface area (TPSA) is 21.3 Å². The summed E-state index contributed by atoms with van der Waals surface area (Å²) in [5.41, 5.74) is 13.1. The second kappa shape index (κ2) is 13.8. The Balaban J connectivity index is 0.935. The van der Waals surface area contributed by atoms with Gasteiger partial charge in [-0.1, -0.05) is 152 Å². The number of rotatable bonds is 6. The number of hydrogen-bond acceptors (Lipinski definition) is 3. The van der Waals surface area contributed by atoms with Crippen LogP contribution in [0.3, 0.4) is 0 Å². The number of thiophene rings is 1. The minimum Gasteiger partial charge on any atom is -0.454 e. The normalized spacial score (nSPS) is 11.9. The zero-order valence-electron chi connectivity index (χ0n) is 33.5. The predicted octanol–water partition coefficient (Wildman–Crippen LogP) is 17.0. The van der Waals surface area contributed by atoms with E-state index in [1.54, 1.807) is 0 Å². The summed E-state index contributed by atoms with van der Waals surface area (Å²) < 4.78 is 11.7. The van der Waals surface area contributed by atoms with Crippen molar-refractivity contribution in [1.29, 1.82) is 0 Å². The first kappa shape index (κ1) is 34.9. The Hall–Kier alpha value is -7.92. The van der Waals surface area contributed by atoms with Gasteiger partial charge in [0.15, 0.2) is 5.58 Å². The Kier molecular flexibility index (Phi) is 7.78. The van der Waals surface area contributed by atoms with Crippen LogP contribution in [0, 0.1) is 0 Å². The summed E-state index contributed by atoms with van der Waals surface area (Å²) in [5, 5.41) is 9.83. The Morgan fingerprint density at radius 2 is 0.984 bits per heavy atom. The zero-order chi connectivity index (χ0) is 40.7. The van der Waals surface area contributed by atoms with Gasteiger partial charge < -0.3 is 13.9 Å². The summed E-state index contributed by atoms with van der Waals surface area (Å²) in [6.45, 7) is 0. The van der Waals surface area contributed by atoms with Crippen LogP contribution < -0.4 is 4.90 Å². The molecule has 0 unspecified atom stereocenters. The number of nitrogens with zero attached hydrogens (tertiary/aromatic N) is 2. The van der Waals surface area contributed by atoms with Gasteiger partial charge in [0.1, 0.15) is 5.58 Å². The smallest absolute Gasteiger partial charge is 0.159 e. The van der Waals surface area contributed by atoms with Crippen molar-refractivity contribution >= 4 is 103 Å². The highest BCUT2D eigenvalue weighted by molar-refractivity contribution is 7.25. The van der Waals surface area contributed by atoms with Crippen molar-refractivity contribution in [3.05, 3.63) is 218 Å². The van der Waals surface area contributed by atoms with E-state index in [4.69, 9.17) is 4.42 Å².